The Kier molecular flexibility index (Phi) is 2.65. The fourth-order valence-electron chi connectivity index (χ4n) is 1.08. The maximum atomic E-state index is 10.9. The van der Waals surface area contributed by atoms with Crippen LogP contribution in [-0.4, -0.2) is 23.2 Å². The van der Waals surface area contributed by atoms with Gasteiger partial charge in [-0.1, -0.05) is 15.9 Å². The van der Waals surface area contributed by atoms with Gasteiger partial charge in [0.1, 0.15) is 17.8 Å². The SMILES string of the molecule is CC(=O)C1CC(CBr)OC1=O. The highest BCUT2D eigenvalue weighted by molar-refractivity contribution is 9.09. The standard InChI is InChI=1S/C7H9BrO3/c1-4(9)6-2-5(3-8)11-7(6)10/h5-6H,2-3H2,1H3. The summed E-state index contributed by atoms with van der Waals surface area (Å²) in [4.78, 5) is 21.7. The van der Waals surface area contributed by atoms with Crippen LogP contribution in [0.4, 0.5) is 0 Å². The fourth-order valence-corrected chi connectivity index (χ4v) is 1.48. The second kappa shape index (κ2) is 3.34. The number of cyclic esters (lactones) is 1. The molecule has 0 aromatic carbocycles. The molecular formula is C7H9BrO3. The summed E-state index contributed by atoms with van der Waals surface area (Å²) in [6, 6.07) is 0. The summed E-state index contributed by atoms with van der Waals surface area (Å²) in [6.45, 7) is 1.42. The Bertz CT molecular complexity index is 190. The average molecular weight is 221 g/mol. The maximum absolute atomic E-state index is 10.9. The maximum Gasteiger partial charge on any atom is 0.316 e. The third-order valence-electron chi connectivity index (χ3n) is 1.73. The number of carbonyl (C=O) groups excluding carboxylic acids is 2. The fraction of sp³-hybridized carbons (Fsp3) is 0.714. The Morgan fingerprint density at radius 3 is 2.73 bits per heavy atom. The molecule has 11 heavy (non-hydrogen) atoms. The second-order valence-corrected chi connectivity index (χ2v) is 3.26. The van der Waals surface area contributed by atoms with Crippen LogP contribution in [0, 0.1) is 5.92 Å². The van der Waals surface area contributed by atoms with Gasteiger partial charge in [-0.05, 0) is 6.92 Å². The van der Waals surface area contributed by atoms with E-state index in [1.54, 1.807) is 0 Å². The van der Waals surface area contributed by atoms with Gasteiger partial charge in [0.2, 0.25) is 0 Å². The lowest BCUT2D eigenvalue weighted by atomic mass is 10.0. The lowest BCUT2D eigenvalue weighted by Crippen LogP contribution is -2.15. The van der Waals surface area contributed by atoms with E-state index < -0.39 is 5.92 Å². The molecule has 0 spiro atoms. The zero-order chi connectivity index (χ0) is 8.43. The molecule has 0 saturated carbocycles. The monoisotopic (exact) mass is 220 g/mol. The quantitative estimate of drug-likeness (QED) is 0.395. The predicted octanol–water partition coefficient (Wildman–Crippen LogP) is 0.902. The van der Waals surface area contributed by atoms with Crippen LogP contribution < -0.4 is 0 Å². The molecule has 2 atom stereocenters. The zero-order valence-electron chi connectivity index (χ0n) is 6.17. The number of halogens is 1. The van der Waals surface area contributed by atoms with Gasteiger partial charge in [-0.3, -0.25) is 9.59 Å². The number of alkyl halides is 1. The van der Waals surface area contributed by atoms with Crippen molar-refractivity contribution in [3.05, 3.63) is 0 Å². The minimum atomic E-state index is -0.516. The van der Waals surface area contributed by atoms with Gasteiger partial charge in [0, 0.05) is 11.8 Å². The molecule has 62 valence electrons. The highest BCUT2D eigenvalue weighted by Gasteiger charge is 2.36. The van der Waals surface area contributed by atoms with E-state index in [0.29, 0.717) is 11.8 Å². The van der Waals surface area contributed by atoms with E-state index in [9.17, 15) is 9.59 Å². The van der Waals surface area contributed by atoms with Crippen molar-refractivity contribution in [2.75, 3.05) is 5.33 Å². The lowest BCUT2D eigenvalue weighted by molar-refractivity contribution is -0.145. The molecule has 0 aliphatic carbocycles. The van der Waals surface area contributed by atoms with E-state index in [1.165, 1.54) is 6.92 Å². The van der Waals surface area contributed by atoms with Gasteiger partial charge in [-0.2, -0.15) is 0 Å². The Hall–Kier alpha value is -0.380. The van der Waals surface area contributed by atoms with Crippen molar-refractivity contribution < 1.29 is 14.3 Å². The molecule has 0 aromatic heterocycles. The molecule has 1 rings (SSSR count). The number of rotatable bonds is 2. The molecule has 3 nitrogen and oxygen atoms in total. The minimum Gasteiger partial charge on any atom is -0.461 e. The summed E-state index contributed by atoms with van der Waals surface area (Å²) in [7, 11) is 0. The van der Waals surface area contributed by atoms with Gasteiger partial charge in [0.25, 0.3) is 0 Å². The molecule has 1 aliphatic heterocycles. The van der Waals surface area contributed by atoms with E-state index in [0.717, 1.165) is 0 Å². The highest BCUT2D eigenvalue weighted by Crippen LogP contribution is 2.22. The van der Waals surface area contributed by atoms with Crippen LogP contribution in [0.25, 0.3) is 0 Å². The third kappa shape index (κ3) is 1.80. The molecular weight excluding hydrogens is 212 g/mol. The molecule has 0 amide bonds. The van der Waals surface area contributed by atoms with Gasteiger partial charge in [-0.15, -0.1) is 0 Å². The van der Waals surface area contributed by atoms with Crippen LogP contribution in [-0.2, 0) is 14.3 Å². The second-order valence-electron chi connectivity index (χ2n) is 2.61. The Labute approximate surface area is 73.2 Å². The van der Waals surface area contributed by atoms with Crippen molar-refractivity contribution in [3.8, 4) is 0 Å². The molecule has 1 fully saturated rings. The van der Waals surface area contributed by atoms with Crippen molar-refractivity contribution in [1.82, 2.24) is 0 Å². The molecule has 4 heteroatoms. The average Bonchev–Trinajstić information content (AvgIpc) is 2.30. The molecule has 2 unspecified atom stereocenters. The lowest BCUT2D eigenvalue weighted by Gasteiger charge is -2.00. The van der Waals surface area contributed by atoms with Crippen molar-refractivity contribution in [2.45, 2.75) is 19.4 Å². The molecule has 0 N–H and O–H groups in total. The summed E-state index contributed by atoms with van der Waals surface area (Å²) in [5, 5.41) is 0.614. The Balaban J connectivity index is 2.59. The first-order valence-electron chi connectivity index (χ1n) is 3.42. The van der Waals surface area contributed by atoms with Gasteiger partial charge in [0.15, 0.2) is 0 Å². The first-order chi connectivity index (χ1) is 5.15. The summed E-state index contributed by atoms with van der Waals surface area (Å²) in [5.74, 6) is -0.988. The van der Waals surface area contributed by atoms with E-state index in [2.05, 4.69) is 15.9 Å². The molecule has 1 aliphatic rings. The summed E-state index contributed by atoms with van der Waals surface area (Å²) < 4.78 is 4.88. The number of hydrogen-bond acceptors (Lipinski definition) is 3. The van der Waals surface area contributed by atoms with Gasteiger partial charge in [0.05, 0.1) is 0 Å². The molecule has 1 heterocycles. The summed E-state index contributed by atoms with van der Waals surface area (Å²) >= 11 is 3.19. The third-order valence-corrected chi connectivity index (χ3v) is 2.45. The van der Waals surface area contributed by atoms with Crippen LogP contribution in [0.15, 0.2) is 0 Å². The van der Waals surface area contributed by atoms with E-state index in [1.807, 2.05) is 0 Å². The first-order valence-corrected chi connectivity index (χ1v) is 4.54. The van der Waals surface area contributed by atoms with Crippen molar-refractivity contribution >= 4 is 27.7 Å². The van der Waals surface area contributed by atoms with Crippen molar-refractivity contribution in [3.63, 3.8) is 0 Å². The zero-order valence-corrected chi connectivity index (χ0v) is 7.76. The molecule has 0 bridgehead atoms. The number of ether oxygens (including phenoxy) is 1. The van der Waals surface area contributed by atoms with Crippen LogP contribution in [0.5, 0.6) is 0 Å². The van der Waals surface area contributed by atoms with Crippen molar-refractivity contribution in [1.29, 1.82) is 0 Å². The molecule has 0 aromatic rings. The Morgan fingerprint density at radius 2 is 2.45 bits per heavy atom. The number of hydrogen-bond donors (Lipinski definition) is 0. The topological polar surface area (TPSA) is 43.4 Å². The van der Waals surface area contributed by atoms with Crippen LogP contribution in [0.3, 0.4) is 0 Å². The Morgan fingerprint density at radius 1 is 1.82 bits per heavy atom. The summed E-state index contributed by atoms with van der Waals surface area (Å²) in [6.07, 6.45) is 0.413. The molecule has 1 saturated heterocycles. The van der Waals surface area contributed by atoms with Gasteiger partial charge >= 0.3 is 5.97 Å². The first kappa shape index (κ1) is 8.71. The number of esters is 1. The largest absolute Gasteiger partial charge is 0.461 e. The van der Waals surface area contributed by atoms with E-state index in [4.69, 9.17) is 4.74 Å². The smallest absolute Gasteiger partial charge is 0.316 e. The summed E-state index contributed by atoms with van der Waals surface area (Å²) in [5.41, 5.74) is 0. The number of Topliss-reactive ketones (excluding diaryl/α,β-unsaturated/α-hetero) is 1. The molecule has 0 radical (unpaired) electrons. The minimum absolute atomic E-state index is 0.0987. The predicted molar refractivity (Wildman–Crippen MR) is 42.5 cm³/mol. The highest BCUT2D eigenvalue weighted by atomic mass is 79.9. The van der Waals surface area contributed by atoms with Crippen molar-refractivity contribution in [2.24, 2.45) is 5.92 Å². The van der Waals surface area contributed by atoms with E-state index in [-0.39, 0.29) is 17.9 Å². The van der Waals surface area contributed by atoms with Crippen LogP contribution >= 0.6 is 15.9 Å². The van der Waals surface area contributed by atoms with Crippen LogP contribution in [0.2, 0.25) is 0 Å². The number of ketones is 1. The number of carbonyl (C=O) groups is 2. The van der Waals surface area contributed by atoms with E-state index >= 15 is 0 Å². The van der Waals surface area contributed by atoms with Gasteiger partial charge < -0.3 is 4.74 Å². The van der Waals surface area contributed by atoms with Crippen LogP contribution in [0.1, 0.15) is 13.3 Å². The van der Waals surface area contributed by atoms with Gasteiger partial charge in [-0.25, -0.2) is 0 Å². The normalized spacial score (nSPS) is 30.2.